The van der Waals surface area contributed by atoms with E-state index in [0.29, 0.717) is 0 Å². The van der Waals surface area contributed by atoms with Crippen LogP contribution in [0.1, 0.15) is 66.2 Å². The zero-order valence-electron chi connectivity index (χ0n) is 9.40. The number of hydrogen-bond acceptors (Lipinski definition) is 0. The molecule has 12 heavy (non-hydrogen) atoms. The van der Waals surface area contributed by atoms with Gasteiger partial charge in [0.25, 0.3) is 0 Å². The van der Waals surface area contributed by atoms with Crippen molar-refractivity contribution < 1.29 is 0 Å². The highest BCUT2D eigenvalue weighted by molar-refractivity contribution is 4.55. The normalized spacial score (nSPS) is 16.0. The molecular formula is C12H26. The lowest BCUT2D eigenvalue weighted by Gasteiger charge is -2.11. The first kappa shape index (κ1) is 12.0. The van der Waals surface area contributed by atoms with Crippen molar-refractivity contribution in [3.8, 4) is 0 Å². The van der Waals surface area contributed by atoms with Gasteiger partial charge < -0.3 is 0 Å². The molecule has 0 radical (unpaired) electrons. The van der Waals surface area contributed by atoms with Crippen molar-refractivity contribution in [3.63, 3.8) is 0 Å². The Hall–Kier alpha value is 0. The fraction of sp³-hybridized carbons (Fsp3) is 1.00. The van der Waals surface area contributed by atoms with Crippen molar-refractivity contribution in [2.24, 2.45) is 11.8 Å². The summed E-state index contributed by atoms with van der Waals surface area (Å²) in [6, 6.07) is 0. The van der Waals surface area contributed by atoms with Crippen LogP contribution in [-0.2, 0) is 0 Å². The monoisotopic (exact) mass is 170 g/mol. The average Bonchev–Trinajstić information content (AvgIpc) is 2.04. The van der Waals surface area contributed by atoms with Gasteiger partial charge in [0.05, 0.1) is 0 Å². The van der Waals surface area contributed by atoms with Crippen molar-refractivity contribution in [2.75, 3.05) is 0 Å². The lowest BCUT2D eigenvalue weighted by Crippen LogP contribution is -1.97. The molecule has 0 rings (SSSR count). The highest BCUT2D eigenvalue weighted by atomic mass is 14.1. The third-order valence-electron chi connectivity index (χ3n) is 2.87. The van der Waals surface area contributed by atoms with Gasteiger partial charge in [-0.25, -0.2) is 0 Å². The molecule has 0 aliphatic carbocycles. The minimum atomic E-state index is 0.943. The van der Waals surface area contributed by atoms with Gasteiger partial charge >= 0.3 is 0 Å². The Kier molecular flexibility index (Phi) is 7.64. The second kappa shape index (κ2) is 7.64. The molecule has 0 aromatic rings. The summed E-state index contributed by atoms with van der Waals surface area (Å²) in [6.45, 7) is 9.33. The first-order chi connectivity index (χ1) is 5.70. The van der Waals surface area contributed by atoms with E-state index in [-0.39, 0.29) is 0 Å². The minimum absolute atomic E-state index is 0.943. The standard InChI is InChI=1S/C12H26/c1-5-8-12(4)10-7-9-11(3)6-2/h11-12H,5-10H2,1-4H3/t11-,12+/m0/s1. The maximum absolute atomic E-state index is 2.39. The van der Waals surface area contributed by atoms with E-state index in [1.165, 1.54) is 38.5 Å². The largest absolute Gasteiger partial charge is 0.0654 e. The Bertz CT molecular complexity index is 86.0. The Morgan fingerprint density at radius 3 is 1.92 bits per heavy atom. The van der Waals surface area contributed by atoms with Crippen LogP contribution in [0.2, 0.25) is 0 Å². The fourth-order valence-corrected chi connectivity index (χ4v) is 1.66. The van der Waals surface area contributed by atoms with Gasteiger partial charge in [-0.15, -0.1) is 0 Å². The van der Waals surface area contributed by atoms with E-state index in [2.05, 4.69) is 27.7 Å². The van der Waals surface area contributed by atoms with Crippen LogP contribution in [0.15, 0.2) is 0 Å². The highest BCUT2D eigenvalue weighted by Crippen LogP contribution is 2.17. The van der Waals surface area contributed by atoms with Crippen molar-refractivity contribution in [1.29, 1.82) is 0 Å². The minimum Gasteiger partial charge on any atom is -0.0654 e. The quantitative estimate of drug-likeness (QED) is 0.522. The summed E-state index contributed by atoms with van der Waals surface area (Å²) in [7, 11) is 0. The van der Waals surface area contributed by atoms with E-state index in [1.807, 2.05) is 0 Å². The Morgan fingerprint density at radius 2 is 1.42 bits per heavy atom. The van der Waals surface area contributed by atoms with E-state index in [1.54, 1.807) is 0 Å². The molecule has 0 aromatic heterocycles. The van der Waals surface area contributed by atoms with Gasteiger partial charge in [0, 0.05) is 0 Å². The van der Waals surface area contributed by atoms with Gasteiger partial charge in [-0.05, 0) is 11.8 Å². The van der Waals surface area contributed by atoms with Crippen molar-refractivity contribution >= 4 is 0 Å². The number of hydrogen-bond donors (Lipinski definition) is 0. The molecule has 0 aliphatic rings. The van der Waals surface area contributed by atoms with Crippen LogP contribution in [0.25, 0.3) is 0 Å². The molecule has 2 atom stereocenters. The van der Waals surface area contributed by atoms with E-state index in [9.17, 15) is 0 Å². The van der Waals surface area contributed by atoms with Gasteiger partial charge in [0.2, 0.25) is 0 Å². The lowest BCUT2D eigenvalue weighted by molar-refractivity contribution is 0.416. The van der Waals surface area contributed by atoms with Crippen LogP contribution >= 0.6 is 0 Å². The SMILES string of the molecule is CCC[C@@H](C)CCC[C@@H](C)CC. The second-order valence-electron chi connectivity index (χ2n) is 4.34. The summed E-state index contributed by atoms with van der Waals surface area (Å²) < 4.78 is 0. The summed E-state index contributed by atoms with van der Waals surface area (Å²) in [5, 5.41) is 0. The molecule has 0 unspecified atom stereocenters. The van der Waals surface area contributed by atoms with Crippen LogP contribution in [0.4, 0.5) is 0 Å². The molecule has 0 nitrogen and oxygen atoms in total. The average molecular weight is 170 g/mol. The van der Waals surface area contributed by atoms with Crippen LogP contribution < -0.4 is 0 Å². The molecular weight excluding hydrogens is 144 g/mol. The van der Waals surface area contributed by atoms with E-state index in [0.717, 1.165) is 11.8 Å². The molecule has 0 aromatic carbocycles. The molecule has 0 saturated heterocycles. The van der Waals surface area contributed by atoms with Gasteiger partial charge in [-0.3, -0.25) is 0 Å². The molecule has 0 heteroatoms. The maximum Gasteiger partial charge on any atom is -0.0443 e. The zero-order valence-corrected chi connectivity index (χ0v) is 9.40. The van der Waals surface area contributed by atoms with Crippen LogP contribution in [-0.4, -0.2) is 0 Å². The smallest absolute Gasteiger partial charge is 0.0443 e. The van der Waals surface area contributed by atoms with Crippen LogP contribution in [0, 0.1) is 11.8 Å². The highest BCUT2D eigenvalue weighted by Gasteiger charge is 2.02. The van der Waals surface area contributed by atoms with Gasteiger partial charge in [-0.2, -0.15) is 0 Å². The molecule has 0 heterocycles. The topological polar surface area (TPSA) is 0 Å². The predicted molar refractivity (Wildman–Crippen MR) is 57.4 cm³/mol. The Labute approximate surface area is 78.8 Å². The van der Waals surface area contributed by atoms with Crippen molar-refractivity contribution in [2.45, 2.75) is 66.2 Å². The Morgan fingerprint density at radius 1 is 0.833 bits per heavy atom. The van der Waals surface area contributed by atoms with Gasteiger partial charge in [-0.1, -0.05) is 66.2 Å². The molecule has 0 fully saturated rings. The third-order valence-corrected chi connectivity index (χ3v) is 2.87. The molecule has 0 aliphatic heterocycles. The van der Waals surface area contributed by atoms with Crippen molar-refractivity contribution in [3.05, 3.63) is 0 Å². The van der Waals surface area contributed by atoms with Gasteiger partial charge in [0.1, 0.15) is 0 Å². The lowest BCUT2D eigenvalue weighted by atomic mass is 9.95. The summed E-state index contributed by atoms with van der Waals surface area (Å²) in [5.74, 6) is 1.90. The summed E-state index contributed by atoms with van der Waals surface area (Å²) >= 11 is 0. The summed E-state index contributed by atoms with van der Waals surface area (Å²) in [4.78, 5) is 0. The third kappa shape index (κ3) is 6.69. The fourth-order valence-electron chi connectivity index (χ4n) is 1.66. The predicted octanol–water partition coefficient (Wildman–Crippen LogP) is 4.64. The number of rotatable bonds is 7. The van der Waals surface area contributed by atoms with E-state index >= 15 is 0 Å². The zero-order chi connectivity index (χ0) is 9.40. The van der Waals surface area contributed by atoms with Crippen molar-refractivity contribution in [1.82, 2.24) is 0 Å². The van der Waals surface area contributed by atoms with E-state index < -0.39 is 0 Å². The molecule has 0 spiro atoms. The van der Waals surface area contributed by atoms with Crippen LogP contribution in [0.3, 0.4) is 0 Å². The second-order valence-corrected chi connectivity index (χ2v) is 4.34. The first-order valence-corrected chi connectivity index (χ1v) is 5.70. The first-order valence-electron chi connectivity index (χ1n) is 5.70. The van der Waals surface area contributed by atoms with Crippen LogP contribution in [0.5, 0.6) is 0 Å². The maximum atomic E-state index is 2.39. The van der Waals surface area contributed by atoms with Gasteiger partial charge in [0.15, 0.2) is 0 Å². The molecule has 0 bridgehead atoms. The molecule has 0 amide bonds. The summed E-state index contributed by atoms with van der Waals surface area (Å²) in [6.07, 6.45) is 8.44. The Balaban J connectivity index is 3.18. The molecule has 0 saturated carbocycles. The molecule has 74 valence electrons. The molecule has 0 N–H and O–H groups in total. The summed E-state index contributed by atoms with van der Waals surface area (Å²) in [5.41, 5.74) is 0. The van der Waals surface area contributed by atoms with E-state index in [4.69, 9.17) is 0 Å².